The Balaban J connectivity index is 1.49. The van der Waals surface area contributed by atoms with Gasteiger partial charge in [-0.25, -0.2) is 4.98 Å². The van der Waals surface area contributed by atoms with Crippen molar-refractivity contribution in [3.63, 3.8) is 0 Å². The molecule has 2 fully saturated rings. The summed E-state index contributed by atoms with van der Waals surface area (Å²) in [6, 6.07) is 1.45. The van der Waals surface area contributed by atoms with E-state index in [9.17, 15) is 4.79 Å². The number of aryl methyl sites for hydroxylation is 2. The van der Waals surface area contributed by atoms with Crippen LogP contribution in [0, 0.1) is 6.92 Å². The number of piperidine rings is 1. The maximum Gasteiger partial charge on any atom is 0.271 e. The van der Waals surface area contributed by atoms with E-state index in [1.807, 2.05) is 16.9 Å². The third-order valence-corrected chi connectivity index (χ3v) is 6.97. The van der Waals surface area contributed by atoms with Crippen LogP contribution in [0.1, 0.15) is 56.9 Å². The molecule has 2 aromatic rings. The number of fused-ring (bicyclic) bond motifs is 1. The third kappa shape index (κ3) is 3.04. The van der Waals surface area contributed by atoms with E-state index in [0.717, 1.165) is 34.8 Å². The summed E-state index contributed by atoms with van der Waals surface area (Å²) in [5.74, 6) is 0. The van der Waals surface area contributed by atoms with Crippen LogP contribution in [0.2, 0.25) is 0 Å². The van der Waals surface area contributed by atoms with E-state index in [1.54, 1.807) is 6.33 Å². The van der Waals surface area contributed by atoms with Gasteiger partial charge >= 0.3 is 0 Å². The molecule has 0 N–H and O–H groups in total. The van der Waals surface area contributed by atoms with E-state index in [2.05, 4.69) is 9.88 Å². The van der Waals surface area contributed by atoms with Crippen LogP contribution in [-0.4, -0.2) is 33.1 Å². The highest BCUT2D eigenvalue weighted by Crippen LogP contribution is 2.30. The van der Waals surface area contributed by atoms with Crippen molar-refractivity contribution in [1.29, 1.82) is 0 Å². The highest BCUT2D eigenvalue weighted by molar-refractivity contribution is 7.17. The minimum absolute atomic E-state index is 0.140. The summed E-state index contributed by atoms with van der Waals surface area (Å²) in [5, 5.41) is 2.03. The van der Waals surface area contributed by atoms with Crippen LogP contribution in [0.15, 0.2) is 16.5 Å². The van der Waals surface area contributed by atoms with E-state index < -0.39 is 0 Å². The third-order valence-electron chi connectivity index (χ3n) is 5.89. The Bertz CT molecular complexity index is 760. The molecule has 0 aromatic carbocycles. The Kier molecular flexibility index (Phi) is 4.72. The number of aromatic nitrogens is 2. The molecule has 5 heteroatoms. The summed E-state index contributed by atoms with van der Waals surface area (Å²) in [6.07, 6.45) is 12.3. The first kappa shape index (κ1) is 16.3. The summed E-state index contributed by atoms with van der Waals surface area (Å²) in [5.41, 5.74) is 2.13. The maximum absolute atomic E-state index is 12.7. The molecule has 0 bridgehead atoms. The molecule has 0 radical (unpaired) electrons. The standard InChI is InChI=1S/C19H27N3OS/c1-14-12-24-18-17(14)20-13-21(19(18)23)11-9-16-8-4-5-10-22(16)15-6-2-3-7-15/h12-13,15-16H,2-11H2,1H3/t16-/m1/s1. The van der Waals surface area contributed by atoms with Crippen LogP contribution >= 0.6 is 11.3 Å². The predicted octanol–water partition coefficient (Wildman–Crippen LogP) is 3.95. The number of thiophene rings is 1. The van der Waals surface area contributed by atoms with Gasteiger partial charge in [-0.3, -0.25) is 14.3 Å². The number of rotatable bonds is 4. The first-order chi connectivity index (χ1) is 11.7. The summed E-state index contributed by atoms with van der Waals surface area (Å²) in [4.78, 5) is 20.0. The zero-order valence-electron chi connectivity index (χ0n) is 14.5. The fraction of sp³-hybridized carbons (Fsp3) is 0.684. The van der Waals surface area contributed by atoms with Crippen molar-refractivity contribution in [1.82, 2.24) is 14.5 Å². The first-order valence-electron chi connectivity index (χ1n) is 9.43. The van der Waals surface area contributed by atoms with Crippen LogP contribution < -0.4 is 5.56 Å². The van der Waals surface area contributed by atoms with Gasteiger partial charge < -0.3 is 0 Å². The Hall–Kier alpha value is -1.20. The molecule has 2 aliphatic rings. The largest absolute Gasteiger partial charge is 0.298 e. The molecule has 2 aromatic heterocycles. The van der Waals surface area contributed by atoms with Crippen molar-refractivity contribution in [3.05, 3.63) is 27.6 Å². The van der Waals surface area contributed by atoms with E-state index in [-0.39, 0.29) is 5.56 Å². The summed E-state index contributed by atoms with van der Waals surface area (Å²) < 4.78 is 2.64. The van der Waals surface area contributed by atoms with E-state index in [4.69, 9.17) is 0 Å². The number of hydrogen-bond donors (Lipinski definition) is 0. The monoisotopic (exact) mass is 345 g/mol. The summed E-state index contributed by atoms with van der Waals surface area (Å²) in [6.45, 7) is 4.08. The molecular weight excluding hydrogens is 318 g/mol. The molecule has 130 valence electrons. The van der Waals surface area contributed by atoms with Gasteiger partial charge in [-0.05, 0) is 56.5 Å². The minimum Gasteiger partial charge on any atom is -0.298 e. The SMILES string of the molecule is Cc1csc2c(=O)n(CC[C@H]3CCCCN3C3CCCC3)cnc12. The Morgan fingerprint density at radius 2 is 2.00 bits per heavy atom. The van der Waals surface area contributed by atoms with Crippen molar-refractivity contribution < 1.29 is 0 Å². The van der Waals surface area contributed by atoms with Crippen molar-refractivity contribution in [2.24, 2.45) is 0 Å². The number of nitrogens with zero attached hydrogens (tertiary/aromatic N) is 3. The lowest BCUT2D eigenvalue weighted by Crippen LogP contribution is -2.45. The van der Waals surface area contributed by atoms with Crippen molar-refractivity contribution in [2.45, 2.75) is 76.9 Å². The zero-order valence-corrected chi connectivity index (χ0v) is 15.4. The Morgan fingerprint density at radius 1 is 1.21 bits per heavy atom. The van der Waals surface area contributed by atoms with Crippen molar-refractivity contribution >= 4 is 21.6 Å². The van der Waals surface area contributed by atoms with Crippen LogP contribution in [0.5, 0.6) is 0 Å². The highest BCUT2D eigenvalue weighted by Gasteiger charge is 2.30. The molecule has 1 saturated carbocycles. The van der Waals surface area contributed by atoms with E-state index >= 15 is 0 Å². The lowest BCUT2D eigenvalue weighted by molar-refractivity contribution is 0.0880. The summed E-state index contributed by atoms with van der Waals surface area (Å²) >= 11 is 1.53. The van der Waals surface area contributed by atoms with Gasteiger partial charge in [-0.1, -0.05) is 19.3 Å². The van der Waals surface area contributed by atoms with Gasteiger partial charge in [0.15, 0.2) is 0 Å². The molecule has 1 saturated heterocycles. The molecule has 4 rings (SSSR count). The average Bonchev–Trinajstić information content (AvgIpc) is 3.25. The van der Waals surface area contributed by atoms with Crippen LogP contribution in [0.25, 0.3) is 10.2 Å². The molecule has 0 spiro atoms. The van der Waals surface area contributed by atoms with Gasteiger partial charge in [0.25, 0.3) is 5.56 Å². The molecule has 1 atom stereocenters. The Labute approximate surface area is 147 Å². The average molecular weight is 346 g/mol. The van der Waals surface area contributed by atoms with E-state index in [0.29, 0.717) is 6.04 Å². The smallest absolute Gasteiger partial charge is 0.271 e. The van der Waals surface area contributed by atoms with Crippen LogP contribution in [-0.2, 0) is 6.54 Å². The fourth-order valence-electron chi connectivity index (χ4n) is 4.56. The lowest BCUT2D eigenvalue weighted by Gasteiger charge is -2.40. The molecule has 0 amide bonds. The number of likely N-dealkylation sites (tertiary alicyclic amines) is 1. The number of hydrogen-bond acceptors (Lipinski definition) is 4. The quantitative estimate of drug-likeness (QED) is 0.842. The summed E-state index contributed by atoms with van der Waals surface area (Å²) in [7, 11) is 0. The normalized spacial score (nSPS) is 23.3. The second-order valence-electron chi connectivity index (χ2n) is 7.45. The van der Waals surface area contributed by atoms with Gasteiger partial charge in [-0.15, -0.1) is 11.3 Å². The van der Waals surface area contributed by atoms with Gasteiger partial charge in [0, 0.05) is 18.6 Å². The molecule has 0 unspecified atom stereocenters. The minimum atomic E-state index is 0.140. The lowest BCUT2D eigenvalue weighted by atomic mass is 9.96. The van der Waals surface area contributed by atoms with Crippen LogP contribution in [0.3, 0.4) is 0 Å². The molecule has 3 heterocycles. The molecule has 1 aliphatic carbocycles. The van der Waals surface area contributed by atoms with Gasteiger partial charge in [0.05, 0.1) is 11.8 Å². The first-order valence-corrected chi connectivity index (χ1v) is 10.3. The molecule has 1 aliphatic heterocycles. The van der Waals surface area contributed by atoms with E-state index in [1.165, 1.54) is 62.8 Å². The highest BCUT2D eigenvalue weighted by atomic mass is 32.1. The zero-order chi connectivity index (χ0) is 16.5. The molecule has 24 heavy (non-hydrogen) atoms. The molecule has 4 nitrogen and oxygen atoms in total. The maximum atomic E-state index is 12.7. The van der Waals surface area contributed by atoms with Gasteiger partial charge in [0.2, 0.25) is 0 Å². The second-order valence-corrected chi connectivity index (χ2v) is 8.33. The van der Waals surface area contributed by atoms with Crippen molar-refractivity contribution in [2.75, 3.05) is 6.54 Å². The van der Waals surface area contributed by atoms with Gasteiger partial charge in [0.1, 0.15) is 4.70 Å². The fourth-order valence-corrected chi connectivity index (χ4v) is 5.51. The van der Waals surface area contributed by atoms with Crippen molar-refractivity contribution in [3.8, 4) is 0 Å². The second kappa shape index (κ2) is 6.96. The van der Waals surface area contributed by atoms with Gasteiger partial charge in [-0.2, -0.15) is 0 Å². The predicted molar refractivity (Wildman–Crippen MR) is 99.8 cm³/mol. The van der Waals surface area contributed by atoms with Crippen LogP contribution in [0.4, 0.5) is 0 Å². The topological polar surface area (TPSA) is 38.1 Å². The Morgan fingerprint density at radius 3 is 2.83 bits per heavy atom. The molecular formula is C19H27N3OS.